The molecule has 0 aromatic carbocycles. The van der Waals surface area contributed by atoms with Gasteiger partial charge in [0, 0.05) is 26.7 Å². The van der Waals surface area contributed by atoms with Crippen molar-refractivity contribution in [2.24, 2.45) is 0 Å². The molecule has 2 N–H and O–H groups in total. The Balaban J connectivity index is 2.90. The maximum atomic E-state index is 12.4. The molecule has 5 nitrogen and oxygen atoms in total. The Kier molecular flexibility index (Phi) is 5.60. The standard InChI is InChI=1S/C13H24N4OS/c1-6-8-9(3)17(5)12(18)10-11(14)15-13(19-10)16(4)7-2/h9H,6-8,14H2,1-5H3. The van der Waals surface area contributed by atoms with E-state index in [0.29, 0.717) is 10.7 Å². The normalized spacial score (nSPS) is 12.3. The minimum Gasteiger partial charge on any atom is -0.382 e. The molecule has 0 radical (unpaired) electrons. The van der Waals surface area contributed by atoms with Gasteiger partial charge in [0.1, 0.15) is 10.7 Å². The van der Waals surface area contributed by atoms with Crippen LogP contribution in [0.25, 0.3) is 0 Å². The third-order valence-electron chi connectivity index (χ3n) is 3.33. The summed E-state index contributed by atoms with van der Waals surface area (Å²) < 4.78 is 0. The molecule has 0 aliphatic heterocycles. The van der Waals surface area contributed by atoms with E-state index in [-0.39, 0.29) is 11.9 Å². The zero-order valence-electron chi connectivity index (χ0n) is 12.4. The van der Waals surface area contributed by atoms with E-state index in [1.54, 1.807) is 4.90 Å². The number of carbonyl (C=O) groups excluding carboxylic acids is 1. The molecule has 0 saturated heterocycles. The van der Waals surface area contributed by atoms with Crippen LogP contribution in [0, 0.1) is 0 Å². The molecular weight excluding hydrogens is 260 g/mol. The van der Waals surface area contributed by atoms with Gasteiger partial charge in [-0.2, -0.15) is 0 Å². The zero-order chi connectivity index (χ0) is 14.6. The first kappa shape index (κ1) is 15.8. The SMILES string of the molecule is CCCC(C)N(C)C(=O)c1sc(N(C)CC)nc1N. The van der Waals surface area contributed by atoms with E-state index in [4.69, 9.17) is 5.73 Å². The summed E-state index contributed by atoms with van der Waals surface area (Å²) in [6, 6.07) is 0.214. The van der Waals surface area contributed by atoms with E-state index in [1.807, 2.05) is 25.9 Å². The monoisotopic (exact) mass is 284 g/mol. The van der Waals surface area contributed by atoms with Gasteiger partial charge in [-0.25, -0.2) is 4.98 Å². The van der Waals surface area contributed by atoms with Gasteiger partial charge in [-0.1, -0.05) is 24.7 Å². The van der Waals surface area contributed by atoms with Gasteiger partial charge >= 0.3 is 0 Å². The van der Waals surface area contributed by atoms with Crippen LogP contribution in [0.15, 0.2) is 0 Å². The average molecular weight is 284 g/mol. The van der Waals surface area contributed by atoms with Gasteiger partial charge in [-0.3, -0.25) is 4.79 Å². The van der Waals surface area contributed by atoms with Crippen molar-refractivity contribution in [1.29, 1.82) is 0 Å². The highest BCUT2D eigenvalue weighted by Gasteiger charge is 2.23. The number of thiazole rings is 1. The summed E-state index contributed by atoms with van der Waals surface area (Å²) in [4.78, 5) is 20.9. The number of hydrogen-bond acceptors (Lipinski definition) is 5. The average Bonchev–Trinajstić information content (AvgIpc) is 2.78. The van der Waals surface area contributed by atoms with Gasteiger partial charge in [0.15, 0.2) is 5.13 Å². The Labute approximate surface area is 119 Å². The van der Waals surface area contributed by atoms with Crippen LogP contribution in [0.1, 0.15) is 43.3 Å². The first-order valence-corrected chi connectivity index (χ1v) is 7.48. The van der Waals surface area contributed by atoms with Crippen molar-refractivity contribution in [1.82, 2.24) is 9.88 Å². The summed E-state index contributed by atoms with van der Waals surface area (Å²) in [6.07, 6.45) is 2.05. The van der Waals surface area contributed by atoms with Gasteiger partial charge in [-0.05, 0) is 20.3 Å². The Morgan fingerprint density at radius 2 is 2.05 bits per heavy atom. The summed E-state index contributed by atoms with van der Waals surface area (Å²) >= 11 is 1.36. The van der Waals surface area contributed by atoms with Crippen molar-refractivity contribution in [3.8, 4) is 0 Å². The van der Waals surface area contributed by atoms with E-state index >= 15 is 0 Å². The topological polar surface area (TPSA) is 62.5 Å². The number of aromatic nitrogens is 1. The Morgan fingerprint density at radius 1 is 1.42 bits per heavy atom. The predicted molar refractivity (Wildman–Crippen MR) is 81.9 cm³/mol. The number of nitrogens with zero attached hydrogens (tertiary/aromatic N) is 3. The van der Waals surface area contributed by atoms with E-state index in [0.717, 1.165) is 24.5 Å². The molecule has 0 saturated carbocycles. The molecular formula is C13H24N4OS. The van der Waals surface area contributed by atoms with Crippen LogP contribution in [0.3, 0.4) is 0 Å². The molecule has 108 valence electrons. The van der Waals surface area contributed by atoms with Crippen molar-refractivity contribution in [3.05, 3.63) is 4.88 Å². The third-order valence-corrected chi connectivity index (χ3v) is 4.50. The van der Waals surface area contributed by atoms with E-state index in [1.165, 1.54) is 11.3 Å². The number of rotatable bonds is 6. The van der Waals surface area contributed by atoms with Gasteiger partial charge in [0.25, 0.3) is 5.91 Å². The van der Waals surface area contributed by atoms with Gasteiger partial charge in [-0.15, -0.1) is 0 Å². The van der Waals surface area contributed by atoms with Gasteiger partial charge in [0.05, 0.1) is 0 Å². The molecule has 1 aromatic rings. The molecule has 0 aliphatic carbocycles. The van der Waals surface area contributed by atoms with Crippen LogP contribution >= 0.6 is 11.3 Å². The van der Waals surface area contributed by atoms with Crippen LogP contribution in [0.2, 0.25) is 0 Å². The van der Waals surface area contributed by atoms with Crippen molar-refractivity contribution < 1.29 is 4.79 Å². The molecule has 0 fully saturated rings. The summed E-state index contributed by atoms with van der Waals surface area (Å²) in [7, 11) is 3.76. The fourth-order valence-corrected chi connectivity index (χ4v) is 2.74. The van der Waals surface area contributed by atoms with Crippen LogP contribution < -0.4 is 10.6 Å². The van der Waals surface area contributed by atoms with Crippen LogP contribution in [0.4, 0.5) is 10.9 Å². The van der Waals surface area contributed by atoms with E-state index in [9.17, 15) is 4.79 Å². The van der Waals surface area contributed by atoms with Gasteiger partial charge in [0.2, 0.25) is 0 Å². The lowest BCUT2D eigenvalue weighted by Crippen LogP contribution is -2.34. The summed E-state index contributed by atoms with van der Waals surface area (Å²) in [6.45, 7) is 7.04. The fourth-order valence-electron chi connectivity index (χ4n) is 1.74. The second kappa shape index (κ2) is 6.75. The number of nitrogens with two attached hydrogens (primary N) is 1. The number of anilines is 2. The van der Waals surface area contributed by atoms with Gasteiger partial charge < -0.3 is 15.5 Å². The molecule has 1 aromatic heterocycles. The quantitative estimate of drug-likeness (QED) is 0.871. The number of carbonyl (C=O) groups is 1. The molecule has 1 heterocycles. The molecule has 1 unspecified atom stereocenters. The minimum atomic E-state index is -0.0355. The fraction of sp³-hybridized carbons (Fsp3) is 0.692. The molecule has 1 amide bonds. The second-order valence-corrected chi connectivity index (χ2v) is 5.76. The number of amides is 1. The lowest BCUT2D eigenvalue weighted by atomic mass is 10.1. The van der Waals surface area contributed by atoms with E-state index in [2.05, 4.69) is 18.8 Å². The minimum absolute atomic E-state index is 0.0355. The number of nitrogen functional groups attached to an aromatic ring is 1. The summed E-state index contributed by atoms with van der Waals surface area (Å²) in [5.41, 5.74) is 5.87. The highest BCUT2D eigenvalue weighted by Crippen LogP contribution is 2.28. The highest BCUT2D eigenvalue weighted by atomic mass is 32.1. The van der Waals surface area contributed by atoms with Crippen LogP contribution in [-0.4, -0.2) is 42.5 Å². The highest BCUT2D eigenvalue weighted by molar-refractivity contribution is 7.18. The Hall–Kier alpha value is -1.30. The summed E-state index contributed by atoms with van der Waals surface area (Å²) in [5, 5.41) is 0.792. The first-order chi connectivity index (χ1) is 8.92. The lowest BCUT2D eigenvalue weighted by Gasteiger charge is -2.24. The Bertz CT molecular complexity index is 432. The number of hydrogen-bond donors (Lipinski definition) is 1. The summed E-state index contributed by atoms with van der Waals surface area (Å²) in [5.74, 6) is 0.299. The largest absolute Gasteiger partial charge is 0.382 e. The molecule has 19 heavy (non-hydrogen) atoms. The molecule has 0 spiro atoms. The molecule has 1 rings (SSSR count). The van der Waals surface area contributed by atoms with Crippen molar-refractivity contribution >= 4 is 28.2 Å². The Morgan fingerprint density at radius 3 is 2.58 bits per heavy atom. The molecule has 6 heteroatoms. The zero-order valence-corrected chi connectivity index (χ0v) is 13.3. The lowest BCUT2D eigenvalue weighted by molar-refractivity contribution is 0.0742. The van der Waals surface area contributed by atoms with Crippen molar-refractivity contribution in [2.75, 3.05) is 31.3 Å². The van der Waals surface area contributed by atoms with Crippen molar-refractivity contribution in [3.63, 3.8) is 0 Å². The second-order valence-electron chi connectivity index (χ2n) is 4.78. The smallest absolute Gasteiger partial charge is 0.267 e. The molecule has 0 aliphatic rings. The van der Waals surface area contributed by atoms with Crippen LogP contribution in [0.5, 0.6) is 0 Å². The maximum Gasteiger partial charge on any atom is 0.267 e. The molecule has 1 atom stereocenters. The first-order valence-electron chi connectivity index (χ1n) is 6.66. The van der Waals surface area contributed by atoms with Crippen LogP contribution in [-0.2, 0) is 0 Å². The van der Waals surface area contributed by atoms with Crippen molar-refractivity contribution in [2.45, 2.75) is 39.7 Å². The third kappa shape index (κ3) is 3.59. The molecule has 0 bridgehead atoms. The van der Waals surface area contributed by atoms with E-state index < -0.39 is 0 Å². The predicted octanol–water partition coefficient (Wildman–Crippen LogP) is 2.44. The maximum absolute atomic E-state index is 12.4.